The largest absolute Gasteiger partial charge is 0.465 e. The summed E-state index contributed by atoms with van der Waals surface area (Å²) in [7, 11) is 1.34. The summed E-state index contributed by atoms with van der Waals surface area (Å²) in [5.41, 5.74) is 6.69. The van der Waals surface area contributed by atoms with Crippen molar-refractivity contribution in [2.45, 2.75) is 27.7 Å². The van der Waals surface area contributed by atoms with E-state index in [2.05, 4.69) is 26.2 Å². The molecular weight excluding hydrogens is 550 g/mol. The van der Waals surface area contributed by atoms with Crippen molar-refractivity contribution in [3.8, 4) is 5.69 Å². The van der Waals surface area contributed by atoms with Crippen LogP contribution < -0.4 is 5.32 Å². The number of hydrogen-bond acceptors (Lipinski definition) is 5. The molecule has 0 saturated carbocycles. The van der Waals surface area contributed by atoms with E-state index in [-0.39, 0.29) is 5.91 Å². The summed E-state index contributed by atoms with van der Waals surface area (Å²) >= 11 is 11.3. The highest BCUT2D eigenvalue weighted by atomic mass is 79.9. The highest BCUT2D eigenvalue weighted by Crippen LogP contribution is 2.33. The molecule has 2 aromatic carbocycles. The van der Waals surface area contributed by atoms with Crippen LogP contribution in [-0.2, 0) is 9.53 Å². The lowest BCUT2D eigenvalue weighted by Crippen LogP contribution is -2.19. The molecular formula is C26H23BrClN3O3S. The number of thioether (sulfide) groups is 1. The average molecular weight is 573 g/mol. The van der Waals surface area contributed by atoms with E-state index < -0.39 is 5.97 Å². The van der Waals surface area contributed by atoms with Gasteiger partial charge in [-0.05, 0) is 98.6 Å². The number of amides is 1. The lowest BCUT2D eigenvalue weighted by Gasteiger charge is -2.13. The minimum absolute atomic E-state index is 0.199. The molecule has 1 N–H and O–H groups in total. The molecule has 1 fully saturated rings. The quantitative estimate of drug-likeness (QED) is 0.275. The summed E-state index contributed by atoms with van der Waals surface area (Å²) in [6.07, 6.45) is 1.84. The minimum Gasteiger partial charge on any atom is -0.465 e. The molecule has 0 bridgehead atoms. The lowest BCUT2D eigenvalue weighted by molar-refractivity contribution is -0.115. The number of nitrogens with one attached hydrogen (secondary N) is 1. The van der Waals surface area contributed by atoms with Crippen LogP contribution in [0.4, 0.5) is 5.69 Å². The summed E-state index contributed by atoms with van der Waals surface area (Å²) in [5, 5.41) is 3.88. The minimum atomic E-state index is -0.435. The molecule has 1 saturated heterocycles. The Labute approximate surface area is 221 Å². The number of hydrogen-bond donors (Lipinski definition) is 1. The first-order chi connectivity index (χ1) is 16.6. The Bertz CT molecular complexity index is 1420. The highest BCUT2D eigenvalue weighted by molar-refractivity contribution is 9.10. The Hall–Kier alpha value is -2.81. The predicted molar refractivity (Wildman–Crippen MR) is 146 cm³/mol. The molecule has 180 valence electrons. The average Bonchev–Trinajstić information content (AvgIpc) is 3.29. The topological polar surface area (TPSA) is 72.7 Å². The smallest absolute Gasteiger partial charge is 0.337 e. The number of esters is 1. The van der Waals surface area contributed by atoms with Gasteiger partial charge in [-0.15, -0.1) is 0 Å². The Morgan fingerprint density at radius 3 is 2.49 bits per heavy atom. The summed E-state index contributed by atoms with van der Waals surface area (Å²) in [5.74, 6) is -0.635. The van der Waals surface area contributed by atoms with Gasteiger partial charge in [-0.2, -0.15) is 0 Å². The van der Waals surface area contributed by atoms with Gasteiger partial charge in [0.05, 0.1) is 34.0 Å². The van der Waals surface area contributed by atoms with Crippen LogP contribution in [0.25, 0.3) is 11.8 Å². The van der Waals surface area contributed by atoms with Crippen molar-refractivity contribution in [3.05, 3.63) is 84.4 Å². The van der Waals surface area contributed by atoms with Gasteiger partial charge in [-0.3, -0.25) is 4.79 Å². The van der Waals surface area contributed by atoms with Crippen molar-refractivity contribution in [2.75, 3.05) is 7.11 Å². The summed E-state index contributed by atoms with van der Waals surface area (Å²) in [6, 6.07) is 10.9. The number of aromatic nitrogens is 1. The number of aliphatic imine (C=N–C) groups is 1. The monoisotopic (exact) mass is 571 g/mol. The molecule has 3 aromatic rings. The van der Waals surface area contributed by atoms with Crippen LogP contribution in [0, 0.1) is 27.7 Å². The van der Waals surface area contributed by atoms with Gasteiger partial charge >= 0.3 is 5.97 Å². The number of benzene rings is 2. The zero-order valence-electron chi connectivity index (χ0n) is 19.8. The van der Waals surface area contributed by atoms with Gasteiger partial charge in [0.25, 0.3) is 5.91 Å². The zero-order chi connectivity index (χ0) is 25.4. The van der Waals surface area contributed by atoms with E-state index in [1.165, 1.54) is 18.9 Å². The van der Waals surface area contributed by atoms with Crippen molar-refractivity contribution < 1.29 is 14.3 Å². The van der Waals surface area contributed by atoms with Gasteiger partial charge in [-0.1, -0.05) is 27.5 Å². The molecule has 1 aromatic heterocycles. The van der Waals surface area contributed by atoms with E-state index >= 15 is 0 Å². The molecule has 6 nitrogen and oxygen atoms in total. The van der Waals surface area contributed by atoms with Crippen LogP contribution in [0.15, 0.2) is 50.8 Å². The third-order valence-corrected chi connectivity index (χ3v) is 8.15. The van der Waals surface area contributed by atoms with E-state index in [9.17, 15) is 9.59 Å². The number of nitrogens with zero attached hydrogens (tertiary/aromatic N) is 2. The number of aryl methyl sites for hydroxylation is 3. The van der Waals surface area contributed by atoms with Crippen LogP contribution in [0.1, 0.15) is 38.4 Å². The Balaban J connectivity index is 1.67. The van der Waals surface area contributed by atoms with Crippen molar-refractivity contribution in [1.82, 2.24) is 9.88 Å². The molecule has 1 aliphatic heterocycles. The van der Waals surface area contributed by atoms with Gasteiger partial charge in [0, 0.05) is 15.9 Å². The molecule has 0 unspecified atom stereocenters. The van der Waals surface area contributed by atoms with Gasteiger partial charge in [-0.25, -0.2) is 9.79 Å². The number of amidine groups is 1. The maximum absolute atomic E-state index is 12.7. The number of carbonyl (C=O) groups is 2. The fraction of sp³-hybridized carbons (Fsp3) is 0.192. The third-order valence-electron chi connectivity index (χ3n) is 5.67. The van der Waals surface area contributed by atoms with Crippen LogP contribution in [0.2, 0.25) is 5.02 Å². The second-order valence-corrected chi connectivity index (χ2v) is 10.4. The number of ether oxygens (including phenoxy) is 1. The molecule has 0 spiro atoms. The molecule has 1 aliphatic rings. The summed E-state index contributed by atoms with van der Waals surface area (Å²) in [4.78, 5) is 29.9. The van der Waals surface area contributed by atoms with Gasteiger partial charge in [0.2, 0.25) is 0 Å². The fourth-order valence-corrected chi connectivity index (χ4v) is 5.22. The lowest BCUT2D eigenvalue weighted by atomic mass is 10.1. The van der Waals surface area contributed by atoms with Gasteiger partial charge in [0.15, 0.2) is 5.17 Å². The van der Waals surface area contributed by atoms with Crippen LogP contribution in [-0.4, -0.2) is 28.7 Å². The second-order valence-electron chi connectivity index (χ2n) is 8.19. The van der Waals surface area contributed by atoms with Crippen LogP contribution in [0.3, 0.4) is 0 Å². The standard InChI is InChI=1S/C26H23BrClN3O3S/c1-13-8-19(9-14(2)23(13)27)29-26-30-24(32)22(35-26)12-18-10-15(3)31(16(18)4)21-11-17(25(33)34-5)6-7-20(21)28/h6-12H,1-5H3,(H,29,30,32)/b22-12-. The third kappa shape index (κ3) is 5.10. The Morgan fingerprint density at radius 1 is 1.14 bits per heavy atom. The molecule has 4 rings (SSSR count). The Morgan fingerprint density at radius 2 is 1.83 bits per heavy atom. The van der Waals surface area contributed by atoms with Crippen LogP contribution >= 0.6 is 39.3 Å². The number of methoxy groups -OCH3 is 1. The number of halogens is 2. The first-order valence-electron chi connectivity index (χ1n) is 10.7. The first-order valence-corrected chi connectivity index (χ1v) is 12.7. The normalized spacial score (nSPS) is 15.7. The number of rotatable bonds is 4. The SMILES string of the molecule is COC(=O)c1ccc(Cl)c(-n2c(C)cc(/C=C3\SC(=Nc4cc(C)c(Br)c(C)c4)NC3=O)c2C)c1. The molecule has 9 heteroatoms. The summed E-state index contributed by atoms with van der Waals surface area (Å²) in [6.45, 7) is 7.91. The van der Waals surface area contributed by atoms with Crippen molar-refractivity contribution >= 4 is 68.1 Å². The Kier molecular flexibility index (Phi) is 7.26. The first kappa shape index (κ1) is 25.3. The zero-order valence-corrected chi connectivity index (χ0v) is 23.0. The fourth-order valence-electron chi connectivity index (χ4n) is 3.96. The van der Waals surface area contributed by atoms with E-state index in [1.54, 1.807) is 18.2 Å². The van der Waals surface area contributed by atoms with Gasteiger partial charge < -0.3 is 14.6 Å². The second kappa shape index (κ2) is 10.0. The van der Waals surface area contributed by atoms with Gasteiger partial charge in [0.1, 0.15) is 0 Å². The van der Waals surface area contributed by atoms with E-state index in [0.29, 0.717) is 26.3 Å². The van der Waals surface area contributed by atoms with E-state index in [0.717, 1.165) is 38.2 Å². The van der Waals surface area contributed by atoms with E-state index in [4.69, 9.17) is 16.3 Å². The predicted octanol–water partition coefficient (Wildman–Crippen LogP) is 6.81. The van der Waals surface area contributed by atoms with Crippen molar-refractivity contribution in [2.24, 2.45) is 4.99 Å². The molecule has 0 atom stereocenters. The molecule has 0 aliphatic carbocycles. The van der Waals surface area contributed by atoms with Crippen molar-refractivity contribution in [3.63, 3.8) is 0 Å². The summed E-state index contributed by atoms with van der Waals surface area (Å²) < 4.78 is 7.86. The van der Waals surface area contributed by atoms with Crippen molar-refractivity contribution in [1.29, 1.82) is 0 Å². The maximum Gasteiger partial charge on any atom is 0.337 e. The molecule has 1 amide bonds. The maximum atomic E-state index is 12.7. The molecule has 2 heterocycles. The van der Waals surface area contributed by atoms with Crippen LogP contribution in [0.5, 0.6) is 0 Å². The molecule has 0 radical (unpaired) electrons. The number of carbonyl (C=O) groups excluding carboxylic acids is 2. The highest BCUT2D eigenvalue weighted by Gasteiger charge is 2.25. The van der Waals surface area contributed by atoms with E-state index in [1.807, 2.05) is 56.5 Å². The molecule has 35 heavy (non-hydrogen) atoms.